The number of nitrogens with zero attached hydrogens (tertiary/aromatic N) is 2. The van der Waals surface area contributed by atoms with Crippen molar-refractivity contribution in [3.63, 3.8) is 0 Å². The highest BCUT2D eigenvalue weighted by Gasteiger charge is 2.09. The summed E-state index contributed by atoms with van der Waals surface area (Å²) >= 11 is 1.50. The Kier molecular flexibility index (Phi) is 2.74. The van der Waals surface area contributed by atoms with Crippen molar-refractivity contribution in [3.8, 4) is 0 Å². The molecule has 0 saturated heterocycles. The second-order valence-corrected chi connectivity index (χ2v) is 4.54. The second kappa shape index (κ2) is 4.05. The van der Waals surface area contributed by atoms with Gasteiger partial charge < -0.3 is 5.73 Å². The quantitative estimate of drug-likeness (QED) is 0.844. The van der Waals surface area contributed by atoms with Crippen molar-refractivity contribution in [2.75, 3.05) is 0 Å². The van der Waals surface area contributed by atoms with Crippen LogP contribution in [-0.2, 0) is 17.8 Å². The van der Waals surface area contributed by atoms with Gasteiger partial charge in [-0.25, -0.2) is 4.98 Å². The van der Waals surface area contributed by atoms with E-state index in [9.17, 15) is 9.59 Å². The summed E-state index contributed by atoms with van der Waals surface area (Å²) in [5, 5.41) is 0.561. The summed E-state index contributed by atoms with van der Waals surface area (Å²) in [6.07, 6.45) is 2.24. The van der Waals surface area contributed by atoms with Gasteiger partial charge in [0.25, 0.3) is 5.56 Å². The summed E-state index contributed by atoms with van der Waals surface area (Å²) in [6, 6.07) is 1.83. The number of hydrogen-bond donors (Lipinski definition) is 1. The molecule has 16 heavy (non-hydrogen) atoms. The van der Waals surface area contributed by atoms with Crippen LogP contribution in [0.3, 0.4) is 0 Å². The largest absolute Gasteiger partial charge is 0.368 e. The molecule has 0 fully saturated rings. The number of aryl methyl sites for hydroxylation is 1. The molecular weight excluding hydrogens is 226 g/mol. The van der Waals surface area contributed by atoms with E-state index in [1.165, 1.54) is 22.2 Å². The number of rotatable bonds is 3. The summed E-state index contributed by atoms with van der Waals surface area (Å²) in [7, 11) is 0. The first-order valence-electron chi connectivity index (χ1n) is 4.88. The molecule has 1 amide bonds. The zero-order chi connectivity index (χ0) is 11.7. The highest BCUT2D eigenvalue weighted by molar-refractivity contribution is 7.18. The van der Waals surface area contributed by atoms with Crippen molar-refractivity contribution in [1.29, 1.82) is 0 Å². The standard InChI is InChI=1S/C10H11N3O2S/c1-2-6-3-7-9(16-6)12-5-13(10(7)15)4-8(11)14/h3,5H,2,4H2,1H3,(H2,11,14). The van der Waals surface area contributed by atoms with Crippen LogP contribution in [0.1, 0.15) is 11.8 Å². The Labute approximate surface area is 95.5 Å². The van der Waals surface area contributed by atoms with Gasteiger partial charge in [-0.05, 0) is 12.5 Å². The van der Waals surface area contributed by atoms with Crippen LogP contribution in [0, 0.1) is 0 Å². The molecule has 2 aromatic rings. The molecule has 0 aliphatic carbocycles. The maximum absolute atomic E-state index is 11.9. The Morgan fingerprint density at radius 3 is 3.00 bits per heavy atom. The number of amides is 1. The van der Waals surface area contributed by atoms with Crippen LogP contribution in [0.15, 0.2) is 17.2 Å². The number of carbonyl (C=O) groups is 1. The second-order valence-electron chi connectivity index (χ2n) is 3.43. The van der Waals surface area contributed by atoms with Crippen molar-refractivity contribution in [2.45, 2.75) is 19.9 Å². The minimum atomic E-state index is -0.547. The van der Waals surface area contributed by atoms with Gasteiger partial charge in [-0.15, -0.1) is 11.3 Å². The average molecular weight is 237 g/mol. The van der Waals surface area contributed by atoms with Crippen molar-refractivity contribution in [3.05, 3.63) is 27.6 Å². The molecule has 2 heterocycles. The normalized spacial score (nSPS) is 10.8. The van der Waals surface area contributed by atoms with Gasteiger partial charge in [0.2, 0.25) is 5.91 Å². The maximum atomic E-state index is 11.9. The lowest BCUT2D eigenvalue weighted by Gasteiger charge is -2.00. The van der Waals surface area contributed by atoms with E-state index in [0.717, 1.165) is 11.3 Å². The van der Waals surface area contributed by atoms with Gasteiger partial charge in [-0.3, -0.25) is 14.2 Å². The van der Waals surface area contributed by atoms with Crippen LogP contribution in [0.5, 0.6) is 0 Å². The predicted molar refractivity (Wildman–Crippen MR) is 62.5 cm³/mol. The third-order valence-electron chi connectivity index (χ3n) is 2.24. The minimum absolute atomic E-state index is 0.126. The monoisotopic (exact) mass is 237 g/mol. The van der Waals surface area contributed by atoms with E-state index in [1.807, 2.05) is 13.0 Å². The number of fused-ring (bicyclic) bond motifs is 1. The van der Waals surface area contributed by atoms with Gasteiger partial charge in [0.05, 0.1) is 11.7 Å². The average Bonchev–Trinajstić information content (AvgIpc) is 2.65. The smallest absolute Gasteiger partial charge is 0.262 e. The van der Waals surface area contributed by atoms with Crippen molar-refractivity contribution in [2.24, 2.45) is 5.73 Å². The Balaban J connectivity index is 2.59. The van der Waals surface area contributed by atoms with Gasteiger partial charge in [0.15, 0.2) is 0 Å². The number of nitrogens with two attached hydrogens (primary N) is 1. The lowest BCUT2D eigenvalue weighted by molar-refractivity contribution is -0.118. The SMILES string of the molecule is CCc1cc2c(=O)n(CC(N)=O)cnc2s1. The highest BCUT2D eigenvalue weighted by Crippen LogP contribution is 2.20. The number of aromatic nitrogens is 2. The van der Waals surface area contributed by atoms with Crippen LogP contribution in [0.2, 0.25) is 0 Å². The van der Waals surface area contributed by atoms with E-state index in [1.54, 1.807) is 0 Å². The molecule has 2 aromatic heterocycles. The van der Waals surface area contributed by atoms with E-state index >= 15 is 0 Å². The Hall–Kier alpha value is -1.69. The van der Waals surface area contributed by atoms with Crippen LogP contribution in [0.4, 0.5) is 0 Å². The fourth-order valence-corrected chi connectivity index (χ4v) is 2.39. The van der Waals surface area contributed by atoms with E-state index in [-0.39, 0.29) is 12.1 Å². The first-order chi connectivity index (χ1) is 7.61. The van der Waals surface area contributed by atoms with Gasteiger partial charge in [0.1, 0.15) is 11.4 Å². The maximum Gasteiger partial charge on any atom is 0.262 e. The predicted octanol–water partition coefficient (Wildman–Crippen LogP) is 0.506. The molecule has 0 aliphatic rings. The Morgan fingerprint density at radius 2 is 2.38 bits per heavy atom. The van der Waals surface area contributed by atoms with E-state index < -0.39 is 5.91 Å². The zero-order valence-electron chi connectivity index (χ0n) is 8.77. The third-order valence-corrected chi connectivity index (χ3v) is 3.43. The van der Waals surface area contributed by atoms with Crippen LogP contribution in [-0.4, -0.2) is 15.5 Å². The zero-order valence-corrected chi connectivity index (χ0v) is 9.58. The lowest BCUT2D eigenvalue weighted by Crippen LogP contribution is -2.27. The van der Waals surface area contributed by atoms with E-state index in [0.29, 0.717) is 10.2 Å². The van der Waals surface area contributed by atoms with Gasteiger partial charge >= 0.3 is 0 Å². The number of thiophene rings is 1. The molecule has 5 nitrogen and oxygen atoms in total. The van der Waals surface area contributed by atoms with Crippen molar-refractivity contribution < 1.29 is 4.79 Å². The van der Waals surface area contributed by atoms with E-state index in [4.69, 9.17) is 5.73 Å². The number of primary amides is 1. The van der Waals surface area contributed by atoms with Crippen LogP contribution < -0.4 is 11.3 Å². The highest BCUT2D eigenvalue weighted by atomic mass is 32.1. The van der Waals surface area contributed by atoms with Crippen LogP contribution in [0.25, 0.3) is 10.2 Å². The summed E-state index contributed by atoms with van der Waals surface area (Å²) in [5.41, 5.74) is 4.84. The number of carbonyl (C=O) groups excluding carboxylic acids is 1. The molecule has 0 bridgehead atoms. The van der Waals surface area contributed by atoms with E-state index in [2.05, 4.69) is 4.98 Å². The van der Waals surface area contributed by atoms with Crippen LogP contribution >= 0.6 is 11.3 Å². The van der Waals surface area contributed by atoms with Crippen molar-refractivity contribution >= 4 is 27.5 Å². The fraction of sp³-hybridized carbons (Fsp3) is 0.300. The summed E-state index contributed by atoms with van der Waals surface area (Å²) in [4.78, 5) is 28.6. The fourth-order valence-electron chi connectivity index (χ4n) is 1.46. The first kappa shape index (κ1) is 10.8. The molecule has 0 atom stereocenters. The third kappa shape index (κ3) is 1.83. The molecular formula is C10H11N3O2S. The molecule has 2 N–H and O–H groups in total. The molecule has 0 aromatic carbocycles. The molecule has 6 heteroatoms. The molecule has 0 unspecified atom stereocenters. The molecule has 0 aliphatic heterocycles. The van der Waals surface area contributed by atoms with Gasteiger partial charge in [0, 0.05) is 4.88 Å². The topological polar surface area (TPSA) is 78.0 Å². The summed E-state index contributed by atoms with van der Waals surface area (Å²) in [6.45, 7) is 1.89. The van der Waals surface area contributed by atoms with Crippen molar-refractivity contribution in [1.82, 2.24) is 9.55 Å². The minimum Gasteiger partial charge on any atom is -0.368 e. The first-order valence-corrected chi connectivity index (χ1v) is 5.69. The molecule has 84 valence electrons. The summed E-state index contributed by atoms with van der Waals surface area (Å²) in [5.74, 6) is -0.547. The summed E-state index contributed by atoms with van der Waals surface area (Å²) < 4.78 is 1.23. The molecule has 0 saturated carbocycles. The Morgan fingerprint density at radius 1 is 1.62 bits per heavy atom. The van der Waals surface area contributed by atoms with Gasteiger partial charge in [-0.2, -0.15) is 0 Å². The number of hydrogen-bond acceptors (Lipinski definition) is 4. The lowest BCUT2D eigenvalue weighted by atomic mass is 10.3. The molecule has 0 spiro atoms. The Bertz CT molecular complexity index is 600. The van der Waals surface area contributed by atoms with Gasteiger partial charge in [-0.1, -0.05) is 6.92 Å². The molecule has 2 rings (SSSR count). The molecule has 0 radical (unpaired) electrons.